The minimum absolute atomic E-state index is 0.00575. The molecule has 0 aliphatic carbocycles. The third kappa shape index (κ3) is 3.54. The van der Waals surface area contributed by atoms with Gasteiger partial charge in [0.2, 0.25) is 5.91 Å². The van der Waals surface area contributed by atoms with Gasteiger partial charge < -0.3 is 19.4 Å². The van der Waals surface area contributed by atoms with Crippen LogP contribution in [-0.2, 0) is 11.2 Å². The van der Waals surface area contributed by atoms with Crippen LogP contribution in [0.3, 0.4) is 0 Å². The van der Waals surface area contributed by atoms with Crippen LogP contribution in [0.1, 0.15) is 36.7 Å². The third-order valence-electron chi connectivity index (χ3n) is 5.35. The second-order valence-electron chi connectivity index (χ2n) is 7.10. The highest BCUT2D eigenvalue weighted by Crippen LogP contribution is 2.32. The Morgan fingerprint density at radius 3 is 2.75 bits per heavy atom. The SMILES string of the molecule is COc1ccc(CC(=O)N2CCCC[C@@H]2c2nc3ccccc3[nH]2)cc1OC. The number of imidazole rings is 1. The molecule has 3 aromatic rings. The van der Waals surface area contributed by atoms with Crippen molar-refractivity contribution >= 4 is 16.9 Å². The van der Waals surface area contributed by atoms with Crippen LogP contribution in [0, 0.1) is 0 Å². The van der Waals surface area contributed by atoms with E-state index in [4.69, 9.17) is 14.5 Å². The zero-order valence-corrected chi connectivity index (χ0v) is 16.3. The number of H-pyrrole nitrogens is 1. The van der Waals surface area contributed by atoms with E-state index in [0.717, 1.165) is 48.2 Å². The maximum Gasteiger partial charge on any atom is 0.227 e. The van der Waals surface area contributed by atoms with Gasteiger partial charge in [0.1, 0.15) is 5.82 Å². The van der Waals surface area contributed by atoms with Crippen LogP contribution < -0.4 is 9.47 Å². The summed E-state index contributed by atoms with van der Waals surface area (Å²) in [6.07, 6.45) is 3.38. The van der Waals surface area contributed by atoms with Crippen molar-refractivity contribution in [3.8, 4) is 11.5 Å². The highest BCUT2D eigenvalue weighted by molar-refractivity contribution is 5.80. The van der Waals surface area contributed by atoms with Crippen molar-refractivity contribution in [2.45, 2.75) is 31.7 Å². The molecular formula is C22H25N3O3. The van der Waals surface area contributed by atoms with Crippen molar-refractivity contribution < 1.29 is 14.3 Å². The Morgan fingerprint density at radius 1 is 1.14 bits per heavy atom. The molecule has 1 aliphatic rings. The number of hydrogen-bond donors (Lipinski definition) is 1. The number of aromatic nitrogens is 2. The van der Waals surface area contributed by atoms with Crippen LogP contribution in [-0.4, -0.2) is 41.5 Å². The van der Waals surface area contributed by atoms with E-state index in [1.165, 1.54) is 0 Å². The quantitative estimate of drug-likeness (QED) is 0.731. The summed E-state index contributed by atoms with van der Waals surface area (Å²) in [7, 11) is 3.21. The lowest BCUT2D eigenvalue weighted by Gasteiger charge is -2.34. The van der Waals surface area contributed by atoms with Gasteiger partial charge in [-0.15, -0.1) is 0 Å². The molecule has 0 unspecified atom stereocenters. The summed E-state index contributed by atoms with van der Waals surface area (Å²) in [5.41, 5.74) is 2.86. The first kappa shape index (κ1) is 18.3. The van der Waals surface area contributed by atoms with Crippen LogP contribution in [0.15, 0.2) is 42.5 Å². The van der Waals surface area contributed by atoms with E-state index in [9.17, 15) is 4.79 Å². The highest BCUT2D eigenvalue weighted by Gasteiger charge is 2.30. The zero-order valence-electron chi connectivity index (χ0n) is 16.3. The molecule has 1 amide bonds. The summed E-state index contributed by atoms with van der Waals surface area (Å²) < 4.78 is 10.6. The topological polar surface area (TPSA) is 67.5 Å². The number of likely N-dealkylation sites (tertiary alicyclic amines) is 1. The van der Waals surface area contributed by atoms with Crippen molar-refractivity contribution in [1.82, 2.24) is 14.9 Å². The van der Waals surface area contributed by atoms with Gasteiger partial charge in [0.15, 0.2) is 11.5 Å². The number of methoxy groups -OCH3 is 2. The Morgan fingerprint density at radius 2 is 1.96 bits per heavy atom. The van der Waals surface area contributed by atoms with E-state index in [1.54, 1.807) is 14.2 Å². The number of amides is 1. The Kier molecular flexibility index (Phi) is 5.19. The number of piperidine rings is 1. The Labute approximate surface area is 164 Å². The van der Waals surface area contributed by atoms with Gasteiger partial charge >= 0.3 is 0 Å². The average Bonchev–Trinajstić information content (AvgIpc) is 3.17. The first-order valence-corrected chi connectivity index (χ1v) is 9.64. The number of carbonyl (C=O) groups is 1. The van der Waals surface area contributed by atoms with Gasteiger partial charge in [-0.25, -0.2) is 4.98 Å². The minimum atomic E-state index is -0.00575. The summed E-state index contributed by atoms with van der Waals surface area (Å²) >= 11 is 0. The number of para-hydroxylation sites is 2. The van der Waals surface area contributed by atoms with Crippen LogP contribution in [0.2, 0.25) is 0 Å². The number of carbonyl (C=O) groups excluding carboxylic acids is 1. The average molecular weight is 379 g/mol. The lowest BCUT2D eigenvalue weighted by atomic mass is 10.00. The number of nitrogens with zero attached hydrogens (tertiary/aromatic N) is 2. The zero-order chi connectivity index (χ0) is 19.5. The lowest BCUT2D eigenvalue weighted by molar-refractivity contribution is -0.134. The predicted octanol–water partition coefficient (Wildman–Crippen LogP) is 3.88. The van der Waals surface area contributed by atoms with E-state index >= 15 is 0 Å². The molecule has 2 heterocycles. The summed E-state index contributed by atoms with van der Waals surface area (Å²) in [4.78, 5) is 23.2. The molecule has 4 rings (SSSR count). The predicted molar refractivity (Wildman–Crippen MR) is 108 cm³/mol. The minimum Gasteiger partial charge on any atom is -0.493 e. The molecule has 0 saturated carbocycles. The van der Waals surface area contributed by atoms with Gasteiger partial charge in [0.05, 0.1) is 37.7 Å². The maximum atomic E-state index is 13.1. The standard InChI is InChI=1S/C22H25N3O3/c1-27-19-11-10-15(13-20(19)28-2)14-21(26)25-12-6-5-9-18(25)22-23-16-7-3-4-8-17(16)24-22/h3-4,7-8,10-11,13,18H,5-6,9,12,14H2,1-2H3,(H,23,24)/t18-/m1/s1. The van der Waals surface area contributed by atoms with E-state index in [1.807, 2.05) is 47.4 Å². The van der Waals surface area contributed by atoms with E-state index in [-0.39, 0.29) is 11.9 Å². The molecule has 1 aliphatic heterocycles. The van der Waals surface area contributed by atoms with Crippen molar-refractivity contribution in [2.75, 3.05) is 20.8 Å². The number of nitrogens with one attached hydrogen (secondary N) is 1. The van der Waals surface area contributed by atoms with Crippen molar-refractivity contribution in [1.29, 1.82) is 0 Å². The molecule has 146 valence electrons. The second-order valence-corrected chi connectivity index (χ2v) is 7.10. The molecule has 1 aromatic heterocycles. The number of aromatic amines is 1. The normalized spacial score (nSPS) is 16.9. The van der Waals surface area contributed by atoms with Crippen molar-refractivity contribution in [3.05, 3.63) is 53.9 Å². The Bertz CT molecular complexity index is 949. The summed E-state index contributed by atoms with van der Waals surface area (Å²) in [5.74, 6) is 2.29. The third-order valence-corrected chi connectivity index (χ3v) is 5.35. The number of fused-ring (bicyclic) bond motifs is 1. The van der Waals surface area contributed by atoms with Gasteiger partial charge in [-0.05, 0) is 49.1 Å². The molecular weight excluding hydrogens is 354 g/mol. The fourth-order valence-electron chi connectivity index (χ4n) is 3.91. The van der Waals surface area contributed by atoms with Crippen LogP contribution in [0.25, 0.3) is 11.0 Å². The second kappa shape index (κ2) is 7.92. The fraction of sp³-hybridized carbons (Fsp3) is 0.364. The molecule has 28 heavy (non-hydrogen) atoms. The maximum absolute atomic E-state index is 13.1. The number of hydrogen-bond acceptors (Lipinski definition) is 4. The van der Waals surface area contributed by atoms with Crippen molar-refractivity contribution in [3.63, 3.8) is 0 Å². The van der Waals surface area contributed by atoms with Gasteiger partial charge in [0.25, 0.3) is 0 Å². The number of rotatable bonds is 5. The molecule has 1 N–H and O–H groups in total. The largest absolute Gasteiger partial charge is 0.493 e. The van der Waals surface area contributed by atoms with E-state index in [2.05, 4.69) is 4.98 Å². The van der Waals surface area contributed by atoms with Crippen LogP contribution in [0.4, 0.5) is 0 Å². The fourth-order valence-corrected chi connectivity index (χ4v) is 3.91. The number of benzene rings is 2. The van der Waals surface area contributed by atoms with E-state index in [0.29, 0.717) is 17.9 Å². The Balaban J connectivity index is 1.56. The highest BCUT2D eigenvalue weighted by atomic mass is 16.5. The van der Waals surface area contributed by atoms with Crippen LogP contribution in [0.5, 0.6) is 11.5 Å². The molecule has 6 heteroatoms. The monoisotopic (exact) mass is 379 g/mol. The molecule has 0 bridgehead atoms. The first-order chi connectivity index (χ1) is 13.7. The molecule has 1 fully saturated rings. The van der Waals surface area contributed by atoms with Crippen LogP contribution >= 0.6 is 0 Å². The van der Waals surface area contributed by atoms with Gasteiger partial charge in [-0.3, -0.25) is 4.79 Å². The molecule has 1 atom stereocenters. The first-order valence-electron chi connectivity index (χ1n) is 9.64. The molecule has 1 saturated heterocycles. The summed E-state index contributed by atoms with van der Waals surface area (Å²) in [6, 6.07) is 13.6. The molecule has 0 radical (unpaired) electrons. The molecule has 6 nitrogen and oxygen atoms in total. The molecule has 0 spiro atoms. The molecule has 2 aromatic carbocycles. The van der Waals surface area contributed by atoms with E-state index < -0.39 is 0 Å². The lowest BCUT2D eigenvalue weighted by Crippen LogP contribution is -2.39. The van der Waals surface area contributed by atoms with Gasteiger partial charge in [0, 0.05) is 6.54 Å². The summed E-state index contributed by atoms with van der Waals surface area (Å²) in [5, 5.41) is 0. The van der Waals surface area contributed by atoms with Gasteiger partial charge in [-0.2, -0.15) is 0 Å². The number of ether oxygens (including phenoxy) is 2. The summed E-state index contributed by atoms with van der Waals surface area (Å²) in [6.45, 7) is 0.758. The van der Waals surface area contributed by atoms with Gasteiger partial charge in [-0.1, -0.05) is 18.2 Å². The smallest absolute Gasteiger partial charge is 0.227 e. The Hall–Kier alpha value is -3.02. The van der Waals surface area contributed by atoms with Crippen molar-refractivity contribution in [2.24, 2.45) is 0 Å².